The van der Waals surface area contributed by atoms with Gasteiger partial charge in [-0.05, 0) is 68.3 Å². The molecule has 2 aromatic rings. The molecule has 2 aromatic carbocycles. The maximum Gasteiger partial charge on any atom is 0.255 e. The van der Waals surface area contributed by atoms with Crippen molar-refractivity contribution in [1.29, 1.82) is 0 Å². The largest absolute Gasteiger partial charge is 0.494 e. The number of rotatable bonds is 5. The summed E-state index contributed by atoms with van der Waals surface area (Å²) in [6.07, 6.45) is 4.53. The highest BCUT2D eigenvalue weighted by molar-refractivity contribution is 6.04. The molecule has 5 heteroatoms. The average Bonchev–Trinajstić information content (AvgIpc) is 2.98. The predicted octanol–water partition coefficient (Wildman–Crippen LogP) is 4.35. The number of carbonyl (C=O) groups is 2. The Kier molecular flexibility index (Phi) is 6.47. The van der Waals surface area contributed by atoms with Crippen molar-refractivity contribution in [1.82, 2.24) is 4.90 Å². The fourth-order valence-electron chi connectivity index (χ4n) is 3.22. The maximum absolute atomic E-state index is 12.6. The number of hydrogen-bond acceptors (Lipinski definition) is 3. The van der Waals surface area contributed by atoms with Crippen LogP contribution in [0.2, 0.25) is 0 Å². The summed E-state index contributed by atoms with van der Waals surface area (Å²) in [7, 11) is 0. The summed E-state index contributed by atoms with van der Waals surface area (Å²) in [5, 5.41) is 2.86. The summed E-state index contributed by atoms with van der Waals surface area (Å²) in [5.74, 6) is 0.622. The molecule has 27 heavy (non-hydrogen) atoms. The summed E-state index contributed by atoms with van der Waals surface area (Å²) in [6.45, 7) is 4.17. The number of amides is 2. The zero-order valence-corrected chi connectivity index (χ0v) is 15.7. The fourth-order valence-corrected chi connectivity index (χ4v) is 3.22. The van der Waals surface area contributed by atoms with E-state index >= 15 is 0 Å². The van der Waals surface area contributed by atoms with E-state index in [1.54, 1.807) is 48.5 Å². The van der Waals surface area contributed by atoms with E-state index in [-0.39, 0.29) is 11.8 Å². The summed E-state index contributed by atoms with van der Waals surface area (Å²) in [6, 6.07) is 14.1. The average molecular weight is 366 g/mol. The molecule has 3 rings (SSSR count). The maximum atomic E-state index is 12.6. The van der Waals surface area contributed by atoms with E-state index < -0.39 is 0 Å². The van der Waals surface area contributed by atoms with Crippen molar-refractivity contribution in [3.63, 3.8) is 0 Å². The van der Waals surface area contributed by atoms with Crippen LogP contribution >= 0.6 is 0 Å². The van der Waals surface area contributed by atoms with E-state index in [1.165, 1.54) is 12.8 Å². The summed E-state index contributed by atoms with van der Waals surface area (Å²) in [5.41, 5.74) is 1.89. The molecule has 1 N–H and O–H groups in total. The minimum absolute atomic E-state index is 0.0706. The van der Waals surface area contributed by atoms with Gasteiger partial charge in [-0.25, -0.2) is 0 Å². The van der Waals surface area contributed by atoms with Gasteiger partial charge in [0.15, 0.2) is 0 Å². The lowest BCUT2D eigenvalue weighted by Crippen LogP contribution is -2.31. The first-order valence-electron chi connectivity index (χ1n) is 9.61. The van der Waals surface area contributed by atoms with E-state index in [1.807, 2.05) is 11.8 Å². The highest BCUT2D eigenvalue weighted by Gasteiger charge is 2.17. The van der Waals surface area contributed by atoms with Crippen LogP contribution in [0.25, 0.3) is 0 Å². The molecule has 0 saturated carbocycles. The van der Waals surface area contributed by atoms with Crippen LogP contribution in [0, 0.1) is 0 Å². The standard InChI is InChI=1S/C22H26N2O3/c1-2-27-20-13-9-17(10-14-20)21(25)23-19-11-7-18(8-12-19)22(26)24-15-5-3-4-6-16-24/h7-14H,2-6,15-16H2,1H3,(H,23,25). The number of anilines is 1. The van der Waals surface area contributed by atoms with Gasteiger partial charge in [-0.2, -0.15) is 0 Å². The third kappa shape index (κ3) is 5.09. The fraction of sp³-hybridized carbons (Fsp3) is 0.364. The van der Waals surface area contributed by atoms with E-state index in [4.69, 9.17) is 4.74 Å². The van der Waals surface area contributed by atoms with Crippen LogP contribution in [-0.4, -0.2) is 36.4 Å². The molecule has 0 atom stereocenters. The Morgan fingerprint density at radius 2 is 1.48 bits per heavy atom. The molecule has 142 valence electrons. The Morgan fingerprint density at radius 1 is 0.889 bits per heavy atom. The van der Waals surface area contributed by atoms with E-state index in [0.29, 0.717) is 23.4 Å². The first-order chi connectivity index (χ1) is 13.2. The molecule has 1 fully saturated rings. The number of benzene rings is 2. The van der Waals surface area contributed by atoms with Crippen molar-refractivity contribution >= 4 is 17.5 Å². The monoisotopic (exact) mass is 366 g/mol. The van der Waals surface area contributed by atoms with Crippen LogP contribution in [0.15, 0.2) is 48.5 Å². The van der Waals surface area contributed by atoms with Gasteiger partial charge in [0, 0.05) is 29.9 Å². The zero-order valence-electron chi connectivity index (χ0n) is 15.7. The van der Waals surface area contributed by atoms with Crippen molar-refractivity contribution in [3.8, 4) is 5.75 Å². The second kappa shape index (κ2) is 9.21. The van der Waals surface area contributed by atoms with Crippen molar-refractivity contribution in [2.45, 2.75) is 32.6 Å². The number of nitrogens with one attached hydrogen (secondary N) is 1. The van der Waals surface area contributed by atoms with Gasteiger partial charge in [-0.1, -0.05) is 12.8 Å². The SMILES string of the molecule is CCOc1ccc(C(=O)Nc2ccc(C(=O)N3CCCCCC3)cc2)cc1. The van der Waals surface area contributed by atoms with Gasteiger partial charge < -0.3 is 15.0 Å². The molecule has 1 aliphatic heterocycles. The van der Waals surface area contributed by atoms with Gasteiger partial charge in [0.05, 0.1) is 6.61 Å². The zero-order chi connectivity index (χ0) is 19.1. The molecule has 0 radical (unpaired) electrons. The predicted molar refractivity (Wildman–Crippen MR) is 106 cm³/mol. The van der Waals surface area contributed by atoms with Gasteiger partial charge in [-0.3, -0.25) is 9.59 Å². The Morgan fingerprint density at radius 3 is 2.07 bits per heavy atom. The number of hydrogen-bond donors (Lipinski definition) is 1. The summed E-state index contributed by atoms with van der Waals surface area (Å²) in [4.78, 5) is 26.9. The van der Waals surface area contributed by atoms with Crippen LogP contribution < -0.4 is 10.1 Å². The second-order valence-corrected chi connectivity index (χ2v) is 6.70. The Balaban J connectivity index is 1.61. The third-order valence-corrected chi connectivity index (χ3v) is 4.71. The topological polar surface area (TPSA) is 58.6 Å². The van der Waals surface area contributed by atoms with Gasteiger partial charge in [0.25, 0.3) is 11.8 Å². The van der Waals surface area contributed by atoms with Crippen molar-refractivity contribution in [2.24, 2.45) is 0 Å². The summed E-state index contributed by atoms with van der Waals surface area (Å²) < 4.78 is 5.38. The van der Waals surface area contributed by atoms with Crippen LogP contribution in [0.5, 0.6) is 5.75 Å². The van der Waals surface area contributed by atoms with E-state index in [9.17, 15) is 9.59 Å². The van der Waals surface area contributed by atoms with Crippen LogP contribution in [0.1, 0.15) is 53.3 Å². The van der Waals surface area contributed by atoms with Gasteiger partial charge >= 0.3 is 0 Å². The minimum Gasteiger partial charge on any atom is -0.494 e. The third-order valence-electron chi connectivity index (χ3n) is 4.71. The van der Waals surface area contributed by atoms with Crippen LogP contribution in [-0.2, 0) is 0 Å². The molecular weight excluding hydrogens is 340 g/mol. The molecule has 0 bridgehead atoms. The number of carbonyl (C=O) groups excluding carboxylic acids is 2. The quantitative estimate of drug-likeness (QED) is 0.856. The first-order valence-corrected chi connectivity index (χ1v) is 9.61. The number of nitrogens with zero attached hydrogens (tertiary/aromatic N) is 1. The van der Waals surface area contributed by atoms with Gasteiger partial charge in [0.2, 0.25) is 0 Å². The molecule has 0 spiro atoms. The minimum atomic E-state index is -0.190. The molecule has 0 aromatic heterocycles. The molecule has 1 saturated heterocycles. The lowest BCUT2D eigenvalue weighted by Gasteiger charge is -2.20. The smallest absolute Gasteiger partial charge is 0.255 e. The molecule has 5 nitrogen and oxygen atoms in total. The molecule has 1 heterocycles. The molecule has 1 aliphatic rings. The van der Waals surface area contributed by atoms with Crippen LogP contribution in [0.3, 0.4) is 0 Å². The second-order valence-electron chi connectivity index (χ2n) is 6.70. The molecule has 2 amide bonds. The Bertz CT molecular complexity index is 761. The van der Waals surface area contributed by atoms with E-state index in [0.717, 1.165) is 31.7 Å². The highest BCUT2D eigenvalue weighted by atomic mass is 16.5. The number of ether oxygens (including phenoxy) is 1. The molecule has 0 aliphatic carbocycles. The molecular formula is C22H26N2O3. The van der Waals surface area contributed by atoms with Gasteiger partial charge in [0.1, 0.15) is 5.75 Å². The Hall–Kier alpha value is -2.82. The first kappa shape index (κ1) is 19.0. The molecule has 0 unspecified atom stereocenters. The lowest BCUT2D eigenvalue weighted by atomic mass is 10.1. The lowest BCUT2D eigenvalue weighted by molar-refractivity contribution is 0.0761. The Labute approximate surface area is 160 Å². The highest BCUT2D eigenvalue weighted by Crippen LogP contribution is 2.17. The van der Waals surface area contributed by atoms with Crippen molar-refractivity contribution in [2.75, 3.05) is 25.0 Å². The van der Waals surface area contributed by atoms with Crippen LogP contribution in [0.4, 0.5) is 5.69 Å². The number of likely N-dealkylation sites (tertiary alicyclic amines) is 1. The van der Waals surface area contributed by atoms with Gasteiger partial charge in [-0.15, -0.1) is 0 Å². The summed E-state index contributed by atoms with van der Waals surface area (Å²) >= 11 is 0. The van der Waals surface area contributed by atoms with Crippen molar-refractivity contribution < 1.29 is 14.3 Å². The van der Waals surface area contributed by atoms with E-state index in [2.05, 4.69) is 5.32 Å². The van der Waals surface area contributed by atoms with Crippen molar-refractivity contribution in [3.05, 3.63) is 59.7 Å². The normalized spacial score (nSPS) is 14.3.